The number of hydrogen-bond acceptors (Lipinski definition) is 4. The van der Waals surface area contributed by atoms with Gasteiger partial charge in [-0.2, -0.15) is 0 Å². The second-order valence-corrected chi connectivity index (χ2v) is 6.30. The summed E-state index contributed by atoms with van der Waals surface area (Å²) in [5.41, 5.74) is 0.0170. The van der Waals surface area contributed by atoms with E-state index < -0.39 is 15.8 Å². The highest BCUT2D eigenvalue weighted by atomic mass is 32.2. The largest absolute Gasteiger partial charge is 0.478 e. The maximum absolute atomic E-state index is 11.9. The monoisotopic (exact) mass is 285 g/mol. The molecule has 1 amide bonds. The van der Waals surface area contributed by atoms with Crippen LogP contribution < -0.4 is 0 Å². The lowest BCUT2D eigenvalue weighted by Gasteiger charge is -2.10. The molecule has 0 radical (unpaired) electrons. The van der Waals surface area contributed by atoms with Gasteiger partial charge in [0.15, 0.2) is 9.84 Å². The maximum Gasteiger partial charge on any atom is 0.335 e. The van der Waals surface area contributed by atoms with Crippen molar-refractivity contribution in [3.05, 3.63) is 29.8 Å². The Bertz CT molecular complexity index is 575. The molecule has 0 saturated heterocycles. The fourth-order valence-electron chi connectivity index (χ4n) is 1.37. The predicted molar refractivity (Wildman–Crippen MR) is 68.8 cm³/mol. The quantitative estimate of drug-likeness (QED) is 0.857. The number of carbonyl (C=O) groups is 2. The van der Waals surface area contributed by atoms with Gasteiger partial charge in [-0.1, -0.05) is 0 Å². The smallest absolute Gasteiger partial charge is 0.335 e. The number of rotatable bonds is 5. The van der Waals surface area contributed by atoms with Gasteiger partial charge >= 0.3 is 5.97 Å². The molecule has 1 aromatic carbocycles. The van der Waals surface area contributed by atoms with Crippen molar-refractivity contribution in [2.75, 3.05) is 19.8 Å². The van der Waals surface area contributed by atoms with Crippen LogP contribution in [-0.2, 0) is 14.6 Å². The van der Waals surface area contributed by atoms with Gasteiger partial charge in [0.05, 0.1) is 16.2 Å². The number of carbonyl (C=O) groups excluding carboxylic acids is 1. The third-order valence-corrected chi connectivity index (χ3v) is 4.28. The van der Waals surface area contributed by atoms with Crippen molar-refractivity contribution in [2.24, 2.45) is 0 Å². The molecule has 0 heterocycles. The van der Waals surface area contributed by atoms with Crippen LogP contribution in [0.15, 0.2) is 29.2 Å². The molecule has 1 aromatic rings. The highest BCUT2D eigenvalue weighted by Gasteiger charge is 2.17. The Morgan fingerprint density at radius 2 is 1.68 bits per heavy atom. The zero-order chi connectivity index (χ0) is 14.6. The van der Waals surface area contributed by atoms with Crippen LogP contribution in [0.4, 0.5) is 0 Å². The molecule has 0 bridgehead atoms. The summed E-state index contributed by atoms with van der Waals surface area (Å²) in [6.45, 7) is 0. The first-order valence-electron chi connectivity index (χ1n) is 5.50. The Labute approximate surface area is 111 Å². The Morgan fingerprint density at radius 1 is 1.16 bits per heavy atom. The molecule has 104 valence electrons. The van der Waals surface area contributed by atoms with Gasteiger partial charge in [-0.25, -0.2) is 13.2 Å². The summed E-state index contributed by atoms with van der Waals surface area (Å²) < 4.78 is 23.8. The molecule has 7 heteroatoms. The number of benzene rings is 1. The molecule has 6 nitrogen and oxygen atoms in total. The molecule has 0 saturated carbocycles. The minimum Gasteiger partial charge on any atom is -0.478 e. The molecule has 0 aliphatic carbocycles. The lowest BCUT2D eigenvalue weighted by atomic mass is 10.2. The molecule has 0 aliphatic rings. The van der Waals surface area contributed by atoms with E-state index in [1.54, 1.807) is 14.1 Å². The van der Waals surface area contributed by atoms with Crippen molar-refractivity contribution in [1.29, 1.82) is 0 Å². The minimum atomic E-state index is -3.57. The fourth-order valence-corrected chi connectivity index (χ4v) is 2.60. The average Bonchev–Trinajstić information content (AvgIpc) is 2.36. The molecule has 1 N–H and O–H groups in total. The zero-order valence-corrected chi connectivity index (χ0v) is 11.5. The van der Waals surface area contributed by atoms with E-state index in [0.717, 1.165) is 0 Å². The van der Waals surface area contributed by atoms with Crippen LogP contribution in [0.2, 0.25) is 0 Å². The van der Waals surface area contributed by atoms with Gasteiger partial charge in [0.1, 0.15) is 0 Å². The van der Waals surface area contributed by atoms with Crippen LogP contribution >= 0.6 is 0 Å². The topological polar surface area (TPSA) is 91.8 Å². The standard InChI is InChI=1S/C12H15NO5S/c1-13(2)11(14)7-8-19(17,18)10-5-3-9(4-6-10)12(15)16/h3-6H,7-8H2,1-2H3,(H,15,16). The Morgan fingerprint density at radius 3 is 2.11 bits per heavy atom. The van der Waals surface area contributed by atoms with Crippen molar-refractivity contribution < 1.29 is 23.1 Å². The average molecular weight is 285 g/mol. The fraction of sp³-hybridized carbons (Fsp3) is 0.333. The molecule has 0 spiro atoms. The second kappa shape index (κ2) is 5.83. The number of carboxylic acids is 1. The van der Waals surface area contributed by atoms with Crippen molar-refractivity contribution in [2.45, 2.75) is 11.3 Å². The van der Waals surface area contributed by atoms with Crippen LogP contribution in [0, 0.1) is 0 Å². The number of hydrogen-bond donors (Lipinski definition) is 1. The maximum atomic E-state index is 11.9. The van der Waals surface area contributed by atoms with Gasteiger partial charge in [0.2, 0.25) is 5.91 Å². The number of nitrogens with zero attached hydrogens (tertiary/aromatic N) is 1. The van der Waals surface area contributed by atoms with Crippen LogP contribution in [-0.4, -0.2) is 50.1 Å². The Kier molecular flexibility index (Phi) is 4.66. The van der Waals surface area contributed by atoms with Gasteiger partial charge in [-0.3, -0.25) is 4.79 Å². The first-order chi connectivity index (χ1) is 8.74. The molecule has 0 atom stereocenters. The highest BCUT2D eigenvalue weighted by molar-refractivity contribution is 7.91. The number of aromatic carboxylic acids is 1. The first-order valence-corrected chi connectivity index (χ1v) is 7.15. The van der Waals surface area contributed by atoms with Crippen molar-refractivity contribution >= 4 is 21.7 Å². The third kappa shape index (κ3) is 4.06. The van der Waals surface area contributed by atoms with Crippen molar-refractivity contribution in [3.8, 4) is 0 Å². The zero-order valence-electron chi connectivity index (χ0n) is 10.7. The second-order valence-electron chi connectivity index (χ2n) is 4.19. The summed E-state index contributed by atoms with van der Waals surface area (Å²) in [6, 6.07) is 4.92. The Balaban J connectivity index is 2.83. The molecule has 1 rings (SSSR count). The summed E-state index contributed by atoms with van der Waals surface area (Å²) in [6.07, 6.45) is -0.101. The molecule has 19 heavy (non-hydrogen) atoms. The Hall–Kier alpha value is -1.89. The highest BCUT2D eigenvalue weighted by Crippen LogP contribution is 2.13. The molecule has 0 aliphatic heterocycles. The van der Waals surface area contributed by atoms with Crippen LogP contribution in [0.3, 0.4) is 0 Å². The van der Waals surface area contributed by atoms with Gasteiger partial charge in [-0.05, 0) is 24.3 Å². The first kappa shape index (κ1) is 15.2. The molecule has 0 fully saturated rings. The third-order valence-electron chi connectivity index (χ3n) is 2.54. The summed E-state index contributed by atoms with van der Waals surface area (Å²) in [5, 5.41) is 8.72. The number of carboxylic acid groups (broad SMARTS) is 1. The van der Waals surface area contributed by atoms with Crippen LogP contribution in [0.25, 0.3) is 0 Å². The minimum absolute atomic E-state index is 0.0170. The normalized spacial score (nSPS) is 11.1. The van der Waals surface area contributed by atoms with Gasteiger partial charge in [0.25, 0.3) is 0 Å². The lowest BCUT2D eigenvalue weighted by Crippen LogP contribution is -2.24. The van der Waals surface area contributed by atoms with Crippen LogP contribution in [0.5, 0.6) is 0 Å². The van der Waals surface area contributed by atoms with E-state index in [9.17, 15) is 18.0 Å². The summed E-state index contributed by atoms with van der Waals surface area (Å²) >= 11 is 0. The number of sulfone groups is 1. The lowest BCUT2D eigenvalue weighted by molar-refractivity contribution is -0.128. The van der Waals surface area contributed by atoms with E-state index in [1.165, 1.54) is 29.2 Å². The van der Waals surface area contributed by atoms with E-state index >= 15 is 0 Å². The van der Waals surface area contributed by atoms with Gasteiger partial charge in [-0.15, -0.1) is 0 Å². The van der Waals surface area contributed by atoms with Gasteiger partial charge < -0.3 is 10.0 Å². The molecule has 0 unspecified atom stereocenters. The predicted octanol–water partition coefficient (Wildman–Crippen LogP) is 0.637. The van der Waals surface area contributed by atoms with E-state index in [0.29, 0.717) is 0 Å². The van der Waals surface area contributed by atoms with Crippen LogP contribution in [0.1, 0.15) is 16.8 Å². The summed E-state index contributed by atoms with van der Waals surface area (Å²) in [7, 11) is -0.467. The SMILES string of the molecule is CN(C)C(=O)CCS(=O)(=O)c1ccc(C(=O)O)cc1. The van der Waals surface area contributed by atoms with Gasteiger partial charge in [0, 0.05) is 20.5 Å². The van der Waals surface area contributed by atoms with E-state index in [4.69, 9.17) is 5.11 Å². The van der Waals surface area contributed by atoms with E-state index in [-0.39, 0.29) is 28.5 Å². The number of amides is 1. The molecular weight excluding hydrogens is 270 g/mol. The van der Waals surface area contributed by atoms with E-state index in [1.807, 2.05) is 0 Å². The van der Waals surface area contributed by atoms with E-state index in [2.05, 4.69) is 0 Å². The summed E-state index contributed by atoms with van der Waals surface area (Å²) in [4.78, 5) is 23.3. The van der Waals surface area contributed by atoms with Crippen molar-refractivity contribution in [3.63, 3.8) is 0 Å². The van der Waals surface area contributed by atoms with Crippen molar-refractivity contribution in [1.82, 2.24) is 4.90 Å². The summed E-state index contributed by atoms with van der Waals surface area (Å²) in [5.74, 6) is -1.69. The molecular formula is C12H15NO5S. The molecule has 0 aromatic heterocycles.